The van der Waals surface area contributed by atoms with Gasteiger partial charge in [-0.25, -0.2) is 19.4 Å². The molecule has 3 aromatic rings. The normalized spacial score (nSPS) is 10.6. The van der Waals surface area contributed by atoms with Crippen molar-refractivity contribution in [3.05, 3.63) is 69.4 Å². The first-order valence-corrected chi connectivity index (χ1v) is 7.81. The van der Waals surface area contributed by atoms with Crippen LogP contribution in [0.1, 0.15) is 27.4 Å². The SMILES string of the molecule is Cc1ncc(Cn2cc(COC(=O)c3cccc([N+](=O)[O-])c3)nn2)c(N)n1. The summed E-state index contributed by atoms with van der Waals surface area (Å²) in [5.74, 6) is 0.240. The van der Waals surface area contributed by atoms with Gasteiger partial charge in [0, 0.05) is 23.9 Å². The predicted octanol–water partition coefficient (Wildman–Crippen LogP) is 1.27. The van der Waals surface area contributed by atoms with Crippen molar-refractivity contribution in [3.63, 3.8) is 0 Å². The first-order valence-electron chi connectivity index (χ1n) is 7.81. The highest BCUT2D eigenvalue weighted by molar-refractivity contribution is 5.90. The molecule has 0 atom stereocenters. The summed E-state index contributed by atoms with van der Waals surface area (Å²) in [6, 6.07) is 5.30. The van der Waals surface area contributed by atoms with E-state index in [4.69, 9.17) is 10.5 Å². The third kappa shape index (κ3) is 4.39. The molecule has 0 saturated heterocycles. The second-order valence-corrected chi connectivity index (χ2v) is 5.62. The van der Waals surface area contributed by atoms with Crippen molar-refractivity contribution in [1.29, 1.82) is 0 Å². The number of ether oxygens (including phenoxy) is 1. The van der Waals surface area contributed by atoms with Crippen LogP contribution in [0.2, 0.25) is 0 Å². The molecule has 11 heteroatoms. The van der Waals surface area contributed by atoms with Gasteiger partial charge >= 0.3 is 5.97 Å². The van der Waals surface area contributed by atoms with Gasteiger partial charge in [-0.15, -0.1) is 5.10 Å². The van der Waals surface area contributed by atoms with Crippen LogP contribution in [0.25, 0.3) is 0 Å². The van der Waals surface area contributed by atoms with E-state index in [9.17, 15) is 14.9 Å². The van der Waals surface area contributed by atoms with Gasteiger partial charge in [0.25, 0.3) is 5.69 Å². The number of esters is 1. The van der Waals surface area contributed by atoms with Crippen molar-refractivity contribution >= 4 is 17.5 Å². The molecule has 2 aromatic heterocycles. The van der Waals surface area contributed by atoms with Gasteiger partial charge in [0.2, 0.25) is 0 Å². The zero-order chi connectivity index (χ0) is 19.4. The largest absolute Gasteiger partial charge is 0.455 e. The molecule has 138 valence electrons. The van der Waals surface area contributed by atoms with Crippen molar-refractivity contribution in [1.82, 2.24) is 25.0 Å². The fourth-order valence-corrected chi connectivity index (χ4v) is 2.26. The highest BCUT2D eigenvalue weighted by Gasteiger charge is 2.14. The molecule has 0 fully saturated rings. The van der Waals surface area contributed by atoms with Gasteiger partial charge in [-0.1, -0.05) is 11.3 Å². The molecule has 0 unspecified atom stereocenters. The minimum Gasteiger partial charge on any atom is -0.455 e. The Balaban J connectivity index is 1.61. The Labute approximate surface area is 153 Å². The number of nitro benzene ring substituents is 1. The molecular formula is C16H15N7O4. The van der Waals surface area contributed by atoms with Crippen LogP contribution in [0.5, 0.6) is 0 Å². The first-order chi connectivity index (χ1) is 12.9. The first kappa shape index (κ1) is 17.9. The molecule has 3 rings (SSSR count). The van der Waals surface area contributed by atoms with Gasteiger partial charge in [-0.3, -0.25) is 10.1 Å². The lowest BCUT2D eigenvalue weighted by atomic mass is 10.2. The number of nitro groups is 1. The number of aryl methyl sites for hydroxylation is 1. The van der Waals surface area contributed by atoms with Crippen LogP contribution in [0.3, 0.4) is 0 Å². The number of anilines is 1. The Morgan fingerprint density at radius 1 is 1.41 bits per heavy atom. The molecule has 0 bridgehead atoms. The number of nitrogens with zero attached hydrogens (tertiary/aromatic N) is 6. The van der Waals surface area contributed by atoms with Gasteiger partial charge < -0.3 is 10.5 Å². The number of carbonyl (C=O) groups excluding carboxylic acids is 1. The van der Waals surface area contributed by atoms with E-state index in [0.717, 1.165) is 6.07 Å². The quantitative estimate of drug-likeness (QED) is 0.384. The van der Waals surface area contributed by atoms with Crippen LogP contribution >= 0.6 is 0 Å². The average Bonchev–Trinajstić information content (AvgIpc) is 3.09. The van der Waals surface area contributed by atoms with E-state index in [-0.39, 0.29) is 17.9 Å². The molecule has 0 aliphatic carbocycles. The molecule has 0 saturated carbocycles. The molecule has 0 amide bonds. The van der Waals surface area contributed by atoms with Crippen molar-refractivity contribution in [2.24, 2.45) is 0 Å². The van der Waals surface area contributed by atoms with Gasteiger partial charge in [0.15, 0.2) is 0 Å². The second kappa shape index (κ2) is 7.56. The summed E-state index contributed by atoms with van der Waals surface area (Å²) in [6.45, 7) is 1.93. The number of nitrogen functional groups attached to an aromatic ring is 1. The van der Waals surface area contributed by atoms with Gasteiger partial charge in [-0.05, 0) is 13.0 Å². The standard InChI is InChI=1S/C16H15N7O4/c1-10-18-6-12(15(17)19-10)7-22-8-13(20-21-22)9-27-16(24)11-3-2-4-14(5-11)23(25)26/h2-6,8H,7,9H2,1H3,(H2,17,18,19). The highest BCUT2D eigenvalue weighted by Crippen LogP contribution is 2.14. The Morgan fingerprint density at radius 2 is 2.22 bits per heavy atom. The van der Waals surface area contributed by atoms with E-state index in [1.807, 2.05) is 0 Å². The molecule has 11 nitrogen and oxygen atoms in total. The maximum Gasteiger partial charge on any atom is 0.338 e. The van der Waals surface area contributed by atoms with Gasteiger partial charge in [0.1, 0.15) is 23.9 Å². The van der Waals surface area contributed by atoms with Crippen LogP contribution in [0, 0.1) is 17.0 Å². The summed E-state index contributed by atoms with van der Waals surface area (Å²) in [5, 5.41) is 18.6. The molecule has 0 aliphatic rings. The summed E-state index contributed by atoms with van der Waals surface area (Å²) in [5.41, 5.74) is 6.84. The summed E-state index contributed by atoms with van der Waals surface area (Å²) in [6.07, 6.45) is 3.21. The number of hydrogen-bond acceptors (Lipinski definition) is 9. The lowest BCUT2D eigenvalue weighted by Crippen LogP contribution is -2.07. The number of nitrogens with two attached hydrogens (primary N) is 1. The molecule has 0 spiro atoms. The fraction of sp³-hybridized carbons (Fsp3) is 0.188. The lowest BCUT2D eigenvalue weighted by Gasteiger charge is -2.04. The number of non-ortho nitro benzene ring substituents is 1. The molecule has 0 aliphatic heterocycles. The Morgan fingerprint density at radius 3 is 2.96 bits per heavy atom. The molecule has 2 heterocycles. The third-order valence-electron chi connectivity index (χ3n) is 3.58. The van der Waals surface area contributed by atoms with E-state index in [1.165, 1.54) is 22.9 Å². The number of rotatable bonds is 6. The van der Waals surface area contributed by atoms with E-state index in [0.29, 0.717) is 29.4 Å². The zero-order valence-corrected chi connectivity index (χ0v) is 14.3. The smallest absolute Gasteiger partial charge is 0.338 e. The van der Waals surface area contributed by atoms with Crippen LogP contribution in [0.4, 0.5) is 11.5 Å². The minimum atomic E-state index is -0.690. The van der Waals surface area contributed by atoms with Crippen molar-refractivity contribution in [2.45, 2.75) is 20.1 Å². The molecule has 0 radical (unpaired) electrons. The van der Waals surface area contributed by atoms with Crippen molar-refractivity contribution in [3.8, 4) is 0 Å². The summed E-state index contributed by atoms with van der Waals surface area (Å²) in [7, 11) is 0. The zero-order valence-electron chi connectivity index (χ0n) is 14.3. The average molecular weight is 369 g/mol. The molecular weight excluding hydrogens is 354 g/mol. The van der Waals surface area contributed by atoms with Gasteiger partial charge in [0.05, 0.1) is 23.2 Å². The molecule has 27 heavy (non-hydrogen) atoms. The Kier molecular flexibility index (Phi) is 5.01. The fourth-order valence-electron chi connectivity index (χ4n) is 2.26. The summed E-state index contributed by atoms with van der Waals surface area (Å²) >= 11 is 0. The predicted molar refractivity (Wildman–Crippen MR) is 92.5 cm³/mol. The highest BCUT2D eigenvalue weighted by atomic mass is 16.6. The molecule has 2 N–H and O–H groups in total. The second-order valence-electron chi connectivity index (χ2n) is 5.62. The maximum absolute atomic E-state index is 12.0. The van der Waals surface area contributed by atoms with Crippen LogP contribution in [-0.2, 0) is 17.9 Å². The summed E-state index contributed by atoms with van der Waals surface area (Å²) < 4.78 is 6.64. The van der Waals surface area contributed by atoms with E-state index < -0.39 is 10.9 Å². The lowest BCUT2D eigenvalue weighted by molar-refractivity contribution is -0.384. The third-order valence-corrected chi connectivity index (χ3v) is 3.58. The van der Waals surface area contributed by atoms with E-state index >= 15 is 0 Å². The van der Waals surface area contributed by atoms with Crippen LogP contribution in [0.15, 0.2) is 36.7 Å². The Bertz CT molecular complexity index is 1000. The summed E-state index contributed by atoms with van der Waals surface area (Å²) in [4.78, 5) is 30.4. The van der Waals surface area contributed by atoms with Gasteiger partial charge in [-0.2, -0.15) is 0 Å². The number of benzene rings is 1. The Hall–Kier alpha value is -3.89. The van der Waals surface area contributed by atoms with Crippen molar-refractivity contribution < 1.29 is 14.5 Å². The van der Waals surface area contributed by atoms with Crippen molar-refractivity contribution in [2.75, 3.05) is 5.73 Å². The monoisotopic (exact) mass is 369 g/mol. The maximum atomic E-state index is 12.0. The number of carbonyl (C=O) groups is 1. The minimum absolute atomic E-state index is 0.0844. The number of aromatic nitrogens is 5. The van der Waals surface area contributed by atoms with E-state index in [1.54, 1.807) is 19.3 Å². The van der Waals surface area contributed by atoms with Crippen LogP contribution in [-0.4, -0.2) is 35.9 Å². The topological polar surface area (TPSA) is 152 Å². The van der Waals surface area contributed by atoms with Crippen LogP contribution < -0.4 is 5.73 Å². The van der Waals surface area contributed by atoms with E-state index in [2.05, 4.69) is 20.3 Å². The number of hydrogen-bond donors (Lipinski definition) is 1. The molecule has 1 aromatic carbocycles.